The van der Waals surface area contributed by atoms with Crippen molar-refractivity contribution in [1.82, 2.24) is 9.88 Å². The first-order valence-electron chi connectivity index (χ1n) is 10.1. The summed E-state index contributed by atoms with van der Waals surface area (Å²) in [7, 11) is 1.68. The number of aromatic nitrogens is 1. The molecule has 0 radical (unpaired) electrons. The highest BCUT2D eigenvalue weighted by molar-refractivity contribution is 7.11. The number of nitrogens with zero attached hydrogens (tertiary/aromatic N) is 4. The third-order valence-corrected chi connectivity index (χ3v) is 6.22. The van der Waals surface area contributed by atoms with Crippen LogP contribution in [0.15, 0.2) is 65.7 Å². The van der Waals surface area contributed by atoms with Gasteiger partial charge in [0.1, 0.15) is 28.2 Å². The lowest BCUT2D eigenvalue weighted by atomic mass is 10.2. The summed E-state index contributed by atoms with van der Waals surface area (Å²) in [6.45, 7) is 3.56. The van der Waals surface area contributed by atoms with Crippen molar-refractivity contribution in [1.29, 1.82) is 5.26 Å². The van der Waals surface area contributed by atoms with Crippen LogP contribution in [0.2, 0.25) is 0 Å². The first-order chi connectivity index (χ1) is 15.2. The molecule has 0 aliphatic carbocycles. The summed E-state index contributed by atoms with van der Waals surface area (Å²) < 4.78 is 5.47. The van der Waals surface area contributed by atoms with Gasteiger partial charge in [0.25, 0.3) is 0 Å². The Morgan fingerprint density at radius 2 is 1.81 bits per heavy atom. The molecule has 1 aliphatic rings. The van der Waals surface area contributed by atoms with Crippen molar-refractivity contribution in [2.45, 2.75) is 0 Å². The summed E-state index contributed by atoms with van der Waals surface area (Å²) >= 11 is 1.38. The number of benzene rings is 2. The van der Waals surface area contributed by atoms with Gasteiger partial charge in [0, 0.05) is 37.1 Å². The van der Waals surface area contributed by atoms with Gasteiger partial charge in [-0.25, -0.2) is 4.98 Å². The van der Waals surface area contributed by atoms with E-state index in [4.69, 9.17) is 4.74 Å². The van der Waals surface area contributed by atoms with E-state index in [1.165, 1.54) is 11.3 Å². The highest BCUT2D eigenvalue weighted by atomic mass is 32.1. The SMILES string of the molecule is COc1ccccc1N1CCN(CC(O)=C(C#N)c2nc(-c3ccccc3)cs2)CC1. The largest absolute Gasteiger partial charge is 0.509 e. The number of hydrogen-bond acceptors (Lipinski definition) is 7. The standard InChI is InChI=1S/C24H24N4O2S/c1-30-23-10-6-5-9-21(23)28-13-11-27(12-14-28)16-22(29)19(15-25)24-26-20(17-31-24)18-7-3-2-4-8-18/h2-10,17,29H,11-14,16H2,1H3. The van der Waals surface area contributed by atoms with Crippen LogP contribution >= 0.6 is 11.3 Å². The minimum absolute atomic E-state index is 0.0715. The fraction of sp³-hybridized carbons (Fsp3) is 0.250. The molecule has 3 aromatic rings. The fourth-order valence-electron chi connectivity index (χ4n) is 3.69. The predicted octanol–water partition coefficient (Wildman–Crippen LogP) is 4.43. The number of anilines is 1. The number of ether oxygens (including phenoxy) is 1. The van der Waals surface area contributed by atoms with Crippen molar-refractivity contribution in [3.05, 3.63) is 70.7 Å². The van der Waals surface area contributed by atoms with E-state index in [-0.39, 0.29) is 11.3 Å². The molecular weight excluding hydrogens is 408 g/mol. The average molecular weight is 433 g/mol. The molecule has 2 heterocycles. The van der Waals surface area contributed by atoms with Crippen molar-refractivity contribution < 1.29 is 9.84 Å². The van der Waals surface area contributed by atoms with Gasteiger partial charge in [-0.15, -0.1) is 11.3 Å². The second-order valence-electron chi connectivity index (χ2n) is 7.27. The molecule has 4 rings (SSSR count). The van der Waals surface area contributed by atoms with Crippen LogP contribution in [0.4, 0.5) is 5.69 Å². The van der Waals surface area contributed by atoms with Gasteiger partial charge in [-0.3, -0.25) is 4.90 Å². The minimum Gasteiger partial charge on any atom is -0.509 e. The fourth-order valence-corrected chi connectivity index (χ4v) is 4.54. The zero-order chi connectivity index (χ0) is 21.6. The maximum absolute atomic E-state index is 10.7. The van der Waals surface area contributed by atoms with Gasteiger partial charge < -0.3 is 14.7 Å². The van der Waals surface area contributed by atoms with Gasteiger partial charge in [0.15, 0.2) is 0 Å². The highest BCUT2D eigenvalue weighted by Gasteiger charge is 2.22. The second kappa shape index (κ2) is 9.65. The van der Waals surface area contributed by atoms with Gasteiger partial charge in [0.05, 0.1) is 25.0 Å². The van der Waals surface area contributed by atoms with Crippen LogP contribution in [-0.4, -0.2) is 54.8 Å². The van der Waals surface area contributed by atoms with Crippen molar-refractivity contribution >= 4 is 22.6 Å². The number of methoxy groups -OCH3 is 1. The van der Waals surface area contributed by atoms with Crippen LogP contribution in [0.5, 0.6) is 5.75 Å². The van der Waals surface area contributed by atoms with Crippen LogP contribution in [0.1, 0.15) is 5.01 Å². The van der Waals surface area contributed by atoms with Crippen LogP contribution in [0.25, 0.3) is 16.8 Å². The van der Waals surface area contributed by atoms with E-state index in [2.05, 4.69) is 26.9 Å². The average Bonchev–Trinajstić information content (AvgIpc) is 3.30. The Morgan fingerprint density at radius 1 is 1.10 bits per heavy atom. The number of hydrogen-bond donors (Lipinski definition) is 1. The van der Waals surface area contributed by atoms with Crippen molar-refractivity contribution in [3.8, 4) is 23.1 Å². The molecule has 2 aromatic carbocycles. The summed E-state index contributed by atoms with van der Waals surface area (Å²) in [5.41, 5.74) is 3.14. The summed E-state index contributed by atoms with van der Waals surface area (Å²) in [6, 6.07) is 20.0. The lowest BCUT2D eigenvalue weighted by Crippen LogP contribution is -2.47. The van der Waals surface area contributed by atoms with Crippen LogP contribution in [-0.2, 0) is 0 Å². The number of thiazole rings is 1. The molecule has 0 spiro atoms. The molecule has 0 saturated carbocycles. The number of para-hydroxylation sites is 2. The Labute approximate surface area is 186 Å². The zero-order valence-electron chi connectivity index (χ0n) is 17.4. The summed E-state index contributed by atoms with van der Waals surface area (Å²) in [6.07, 6.45) is 0. The van der Waals surface area contributed by atoms with E-state index < -0.39 is 0 Å². The van der Waals surface area contributed by atoms with Crippen LogP contribution in [0, 0.1) is 11.3 Å². The Morgan fingerprint density at radius 3 is 2.52 bits per heavy atom. The normalized spacial score (nSPS) is 15.3. The Bertz CT molecular complexity index is 1100. The second-order valence-corrected chi connectivity index (χ2v) is 8.13. The molecule has 31 heavy (non-hydrogen) atoms. The maximum Gasteiger partial charge on any atom is 0.142 e. The first kappa shape index (κ1) is 20.9. The molecule has 0 atom stereocenters. The van der Waals surface area contributed by atoms with Gasteiger partial charge in [-0.1, -0.05) is 42.5 Å². The van der Waals surface area contributed by atoms with Crippen molar-refractivity contribution in [2.24, 2.45) is 0 Å². The maximum atomic E-state index is 10.7. The van der Waals surface area contributed by atoms with E-state index >= 15 is 0 Å². The van der Waals surface area contributed by atoms with E-state index in [0.29, 0.717) is 11.6 Å². The van der Waals surface area contributed by atoms with E-state index in [1.54, 1.807) is 7.11 Å². The third-order valence-electron chi connectivity index (χ3n) is 5.36. The van der Waals surface area contributed by atoms with Crippen molar-refractivity contribution in [2.75, 3.05) is 44.7 Å². The number of aliphatic hydroxyl groups excluding tert-OH is 1. The van der Waals surface area contributed by atoms with Gasteiger partial charge in [0.2, 0.25) is 0 Å². The molecule has 1 saturated heterocycles. The number of piperazine rings is 1. The van der Waals surface area contributed by atoms with Gasteiger partial charge in [-0.2, -0.15) is 5.26 Å². The summed E-state index contributed by atoms with van der Waals surface area (Å²) in [4.78, 5) is 9.02. The van der Waals surface area contributed by atoms with Gasteiger partial charge in [-0.05, 0) is 12.1 Å². The number of allylic oxidation sites excluding steroid dienone is 1. The Balaban J connectivity index is 1.43. The smallest absolute Gasteiger partial charge is 0.142 e. The van der Waals surface area contributed by atoms with E-state index in [0.717, 1.165) is 48.9 Å². The quantitative estimate of drug-likeness (QED) is 0.459. The monoisotopic (exact) mass is 432 g/mol. The molecule has 7 heteroatoms. The number of rotatable bonds is 6. The Hall–Kier alpha value is -3.34. The number of aliphatic hydroxyl groups is 1. The van der Waals surface area contributed by atoms with Crippen LogP contribution < -0.4 is 9.64 Å². The zero-order valence-corrected chi connectivity index (χ0v) is 18.2. The predicted molar refractivity (Wildman–Crippen MR) is 124 cm³/mol. The molecule has 1 fully saturated rings. The number of nitriles is 1. The first-order valence-corrected chi connectivity index (χ1v) is 11.0. The minimum atomic E-state index is 0.0715. The molecule has 0 unspecified atom stereocenters. The van der Waals surface area contributed by atoms with Gasteiger partial charge >= 0.3 is 0 Å². The summed E-state index contributed by atoms with van der Waals surface area (Å²) in [5.74, 6) is 0.936. The third kappa shape index (κ3) is 4.71. The molecule has 1 N–H and O–H groups in total. The lowest BCUT2D eigenvalue weighted by Gasteiger charge is -2.36. The highest BCUT2D eigenvalue weighted by Crippen LogP contribution is 2.29. The molecule has 1 aromatic heterocycles. The van der Waals surface area contributed by atoms with E-state index in [9.17, 15) is 10.4 Å². The molecular formula is C24H24N4O2S. The topological polar surface area (TPSA) is 72.6 Å². The van der Waals surface area contributed by atoms with Crippen LogP contribution in [0.3, 0.4) is 0 Å². The molecule has 6 nitrogen and oxygen atoms in total. The summed E-state index contributed by atoms with van der Waals surface area (Å²) in [5, 5.41) is 22.8. The molecule has 158 valence electrons. The lowest BCUT2D eigenvalue weighted by molar-refractivity contribution is 0.238. The molecule has 1 aliphatic heterocycles. The van der Waals surface area contributed by atoms with Crippen molar-refractivity contribution in [3.63, 3.8) is 0 Å². The molecule has 0 bridgehead atoms. The van der Waals surface area contributed by atoms with E-state index in [1.807, 2.05) is 53.9 Å². The Kier molecular flexibility index (Phi) is 6.51. The molecule has 0 amide bonds.